The van der Waals surface area contributed by atoms with Gasteiger partial charge in [0.05, 0.1) is 22.6 Å². The van der Waals surface area contributed by atoms with E-state index in [4.69, 9.17) is 5.11 Å². The first-order chi connectivity index (χ1) is 9.39. The molecule has 1 rings (SSSR count). The van der Waals surface area contributed by atoms with Crippen LogP contribution in [0.15, 0.2) is 18.2 Å². The Morgan fingerprint density at radius 3 is 2.40 bits per heavy atom. The maximum Gasteiger partial charge on any atom is 0.338 e. The normalized spacial score (nSPS) is 11.2. The zero-order valence-electron chi connectivity index (χ0n) is 11.4. The molecule has 3 N–H and O–H groups in total. The number of aromatic carboxylic acids is 1. The lowest BCUT2D eigenvalue weighted by Crippen LogP contribution is -2.41. The minimum atomic E-state index is -1.25. The standard InChI is InChI=1S/C13H18N2O5/c1-3-13(4-2,8-16)14-11-6-5-9(15(19)20)7-10(11)12(17)18/h5-7,14,16H,3-4,8H2,1-2H3,(H,17,18). The van der Waals surface area contributed by atoms with Gasteiger partial charge in [0, 0.05) is 17.8 Å². The molecule has 0 aliphatic heterocycles. The van der Waals surface area contributed by atoms with E-state index in [1.807, 2.05) is 13.8 Å². The van der Waals surface area contributed by atoms with Crippen molar-refractivity contribution in [2.24, 2.45) is 0 Å². The number of nitrogens with one attached hydrogen (secondary N) is 1. The van der Waals surface area contributed by atoms with Gasteiger partial charge in [0.2, 0.25) is 0 Å². The minimum Gasteiger partial charge on any atom is -0.478 e. The monoisotopic (exact) mass is 282 g/mol. The third kappa shape index (κ3) is 3.24. The molecule has 0 bridgehead atoms. The Morgan fingerprint density at radius 2 is 2.00 bits per heavy atom. The van der Waals surface area contributed by atoms with Crippen LogP contribution in [0, 0.1) is 10.1 Å². The van der Waals surface area contributed by atoms with Crippen LogP contribution >= 0.6 is 0 Å². The molecule has 0 saturated heterocycles. The van der Waals surface area contributed by atoms with Crippen LogP contribution in [-0.2, 0) is 0 Å². The van der Waals surface area contributed by atoms with Crippen molar-refractivity contribution < 1.29 is 19.9 Å². The molecule has 7 heteroatoms. The molecule has 0 unspecified atom stereocenters. The molecule has 0 spiro atoms. The van der Waals surface area contributed by atoms with Gasteiger partial charge in [-0.2, -0.15) is 0 Å². The summed E-state index contributed by atoms with van der Waals surface area (Å²) in [6.45, 7) is 3.59. The number of carboxylic acid groups (broad SMARTS) is 1. The van der Waals surface area contributed by atoms with E-state index in [0.29, 0.717) is 12.8 Å². The van der Waals surface area contributed by atoms with Crippen molar-refractivity contribution >= 4 is 17.3 Å². The van der Waals surface area contributed by atoms with E-state index in [9.17, 15) is 20.0 Å². The van der Waals surface area contributed by atoms with Gasteiger partial charge in [-0.25, -0.2) is 4.79 Å². The Labute approximate surface area is 116 Å². The molecule has 1 aromatic carbocycles. The first-order valence-electron chi connectivity index (χ1n) is 6.30. The SMILES string of the molecule is CCC(CC)(CO)Nc1ccc([N+](=O)[O-])cc1C(=O)O. The van der Waals surface area contributed by atoms with E-state index in [1.54, 1.807) is 0 Å². The Bertz CT molecular complexity index is 503. The number of carboxylic acids is 1. The number of hydrogen-bond donors (Lipinski definition) is 3. The maximum atomic E-state index is 11.2. The second kappa shape index (κ2) is 6.33. The number of nitro benzene ring substituents is 1. The molecule has 7 nitrogen and oxygen atoms in total. The van der Waals surface area contributed by atoms with Crippen LogP contribution < -0.4 is 5.32 Å². The van der Waals surface area contributed by atoms with Crippen LogP contribution in [-0.4, -0.2) is 33.3 Å². The first-order valence-corrected chi connectivity index (χ1v) is 6.30. The topological polar surface area (TPSA) is 113 Å². The highest BCUT2D eigenvalue weighted by Crippen LogP contribution is 2.27. The van der Waals surface area contributed by atoms with Crippen LogP contribution in [0.4, 0.5) is 11.4 Å². The minimum absolute atomic E-state index is 0.157. The first kappa shape index (κ1) is 15.9. The molecule has 20 heavy (non-hydrogen) atoms. The van der Waals surface area contributed by atoms with Crippen molar-refractivity contribution in [3.8, 4) is 0 Å². The predicted molar refractivity (Wildman–Crippen MR) is 74.1 cm³/mol. The lowest BCUT2D eigenvalue weighted by Gasteiger charge is -2.32. The van der Waals surface area contributed by atoms with Crippen molar-refractivity contribution in [3.63, 3.8) is 0 Å². The Hall–Kier alpha value is -2.15. The number of non-ortho nitro benzene ring substituents is 1. The van der Waals surface area contributed by atoms with Crippen LogP contribution in [0.3, 0.4) is 0 Å². The van der Waals surface area contributed by atoms with E-state index in [-0.39, 0.29) is 23.5 Å². The number of anilines is 1. The zero-order valence-corrected chi connectivity index (χ0v) is 11.4. The number of nitrogens with zero attached hydrogens (tertiary/aromatic N) is 1. The van der Waals surface area contributed by atoms with Crippen molar-refractivity contribution in [2.75, 3.05) is 11.9 Å². The third-order valence-electron chi connectivity index (χ3n) is 3.50. The summed E-state index contributed by atoms with van der Waals surface area (Å²) in [5.74, 6) is -1.25. The lowest BCUT2D eigenvalue weighted by molar-refractivity contribution is -0.384. The summed E-state index contributed by atoms with van der Waals surface area (Å²) in [5.41, 5.74) is -0.837. The summed E-state index contributed by atoms with van der Waals surface area (Å²) in [4.78, 5) is 21.3. The molecule has 0 heterocycles. The van der Waals surface area contributed by atoms with Crippen molar-refractivity contribution in [2.45, 2.75) is 32.2 Å². The average molecular weight is 282 g/mol. The van der Waals surface area contributed by atoms with Gasteiger partial charge in [-0.15, -0.1) is 0 Å². The number of aliphatic hydroxyl groups excluding tert-OH is 1. The van der Waals surface area contributed by atoms with Gasteiger partial charge >= 0.3 is 5.97 Å². The van der Waals surface area contributed by atoms with Crippen LogP contribution in [0.2, 0.25) is 0 Å². The molecule has 0 radical (unpaired) electrons. The van der Waals surface area contributed by atoms with Crippen molar-refractivity contribution in [1.82, 2.24) is 0 Å². The summed E-state index contributed by atoms with van der Waals surface area (Å²) in [7, 11) is 0. The van der Waals surface area contributed by atoms with E-state index < -0.39 is 16.4 Å². The number of nitro groups is 1. The molecule has 0 saturated carbocycles. The van der Waals surface area contributed by atoms with Gasteiger partial charge in [0.1, 0.15) is 0 Å². The smallest absolute Gasteiger partial charge is 0.338 e. The second-order valence-electron chi connectivity index (χ2n) is 4.56. The molecule has 0 atom stereocenters. The van der Waals surface area contributed by atoms with E-state index >= 15 is 0 Å². The molecule has 0 aromatic heterocycles. The summed E-state index contributed by atoms with van der Waals surface area (Å²) in [6.07, 6.45) is 1.19. The average Bonchev–Trinajstić information content (AvgIpc) is 2.44. The van der Waals surface area contributed by atoms with E-state index in [2.05, 4.69) is 5.32 Å². The van der Waals surface area contributed by atoms with Gasteiger partial charge in [0.15, 0.2) is 0 Å². The largest absolute Gasteiger partial charge is 0.478 e. The van der Waals surface area contributed by atoms with Crippen LogP contribution in [0.25, 0.3) is 0 Å². The second-order valence-corrected chi connectivity index (χ2v) is 4.56. The van der Waals surface area contributed by atoms with Gasteiger partial charge in [-0.3, -0.25) is 10.1 Å². The molecular weight excluding hydrogens is 264 g/mol. The summed E-state index contributed by atoms with van der Waals surface area (Å²) in [5, 5.41) is 32.4. The van der Waals surface area contributed by atoms with Crippen molar-refractivity contribution in [1.29, 1.82) is 0 Å². The lowest BCUT2D eigenvalue weighted by atomic mass is 9.93. The number of hydrogen-bond acceptors (Lipinski definition) is 5. The Balaban J connectivity index is 3.24. The van der Waals surface area contributed by atoms with Crippen LogP contribution in [0.1, 0.15) is 37.0 Å². The van der Waals surface area contributed by atoms with Gasteiger partial charge in [0.25, 0.3) is 5.69 Å². The molecule has 0 fully saturated rings. The highest BCUT2D eigenvalue weighted by Gasteiger charge is 2.27. The molecule has 0 amide bonds. The van der Waals surface area contributed by atoms with Gasteiger partial charge in [-0.1, -0.05) is 13.8 Å². The molecule has 0 aliphatic carbocycles. The highest BCUT2D eigenvalue weighted by atomic mass is 16.6. The molecule has 1 aromatic rings. The fourth-order valence-electron chi connectivity index (χ4n) is 1.91. The zero-order chi connectivity index (χ0) is 15.3. The summed E-state index contributed by atoms with van der Waals surface area (Å²) >= 11 is 0. The summed E-state index contributed by atoms with van der Waals surface area (Å²) < 4.78 is 0. The summed E-state index contributed by atoms with van der Waals surface area (Å²) in [6, 6.07) is 3.61. The highest BCUT2D eigenvalue weighted by molar-refractivity contribution is 5.95. The van der Waals surface area contributed by atoms with Crippen LogP contribution in [0.5, 0.6) is 0 Å². The van der Waals surface area contributed by atoms with Gasteiger partial charge < -0.3 is 15.5 Å². The molecular formula is C13H18N2O5. The van der Waals surface area contributed by atoms with Crippen molar-refractivity contribution in [3.05, 3.63) is 33.9 Å². The fraction of sp³-hybridized carbons (Fsp3) is 0.462. The van der Waals surface area contributed by atoms with E-state index in [1.165, 1.54) is 12.1 Å². The maximum absolute atomic E-state index is 11.2. The number of aliphatic hydroxyl groups is 1. The number of rotatable bonds is 7. The van der Waals surface area contributed by atoms with Gasteiger partial charge in [-0.05, 0) is 18.9 Å². The Kier molecular flexibility index (Phi) is 5.04. The molecule has 0 aliphatic rings. The Morgan fingerprint density at radius 1 is 1.40 bits per heavy atom. The fourth-order valence-corrected chi connectivity index (χ4v) is 1.91. The third-order valence-corrected chi connectivity index (χ3v) is 3.50. The van der Waals surface area contributed by atoms with E-state index in [0.717, 1.165) is 6.07 Å². The number of carbonyl (C=O) groups is 1. The quantitative estimate of drug-likeness (QED) is 0.522. The molecule has 110 valence electrons. The predicted octanol–water partition coefficient (Wildman–Crippen LogP) is 2.26. The number of benzene rings is 1.